The van der Waals surface area contributed by atoms with Gasteiger partial charge in [0.25, 0.3) is 0 Å². The SMILES string of the molecule is Cc1ccccc1-c1c2c(c(C)c[n+]1C)C1c3cc4c(cc3C2c2nccnc21)=CCC=4. The predicted molar refractivity (Wildman–Crippen MR) is 126 cm³/mol. The van der Waals surface area contributed by atoms with Gasteiger partial charge in [0, 0.05) is 29.1 Å². The van der Waals surface area contributed by atoms with Gasteiger partial charge in [-0.3, -0.25) is 9.97 Å². The van der Waals surface area contributed by atoms with Gasteiger partial charge in [-0.2, -0.15) is 0 Å². The Morgan fingerprint density at radius 2 is 1.44 bits per heavy atom. The van der Waals surface area contributed by atoms with Gasteiger partial charge >= 0.3 is 0 Å². The Hall–Kier alpha value is -3.59. The maximum Gasteiger partial charge on any atom is 0.217 e. The molecule has 3 heteroatoms. The molecule has 4 aromatic rings. The summed E-state index contributed by atoms with van der Waals surface area (Å²) in [6.07, 6.45) is 11.7. The monoisotopic (exact) mass is 414 g/mol. The van der Waals surface area contributed by atoms with Gasteiger partial charge in [-0.25, -0.2) is 4.57 Å². The Labute approximate surface area is 187 Å². The summed E-state index contributed by atoms with van der Waals surface area (Å²) in [6, 6.07) is 13.6. The van der Waals surface area contributed by atoms with Gasteiger partial charge in [-0.05, 0) is 59.0 Å². The van der Waals surface area contributed by atoms with E-state index in [1.807, 2.05) is 12.4 Å². The first-order valence-electron chi connectivity index (χ1n) is 11.4. The second-order valence-electron chi connectivity index (χ2n) is 9.36. The quantitative estimate of drug-likeness (QED) is 0.385. The van der Waals surface area contributed by atoms with Crippen LogP contribution in [0.5, 0.6) is 0 Å². The van der Waals surface area contributed by atoms with Gasteiger partial charge in [0.2, 0.25) is 5.69 Å². The Bertz CT molecular complexity index is 1600. The molecule has 0 amide bonds. The largest absolute Gasteiger partial charge is 0.257 e. The standard InChI is InChI=1S/C29H24N3/c1-16-7-4-5-10-20(16)29-26-23(17(2)15-32(29)3)24-21-13-18-8-6-9-19(18)14-22(21)25(26)28-27(24)30-11-12-31-28/h4-5,7-15,24-25H,6H2,1-3H3/q+1. The van der Waals surface area contributed by atoms with Crippen LogP contribution in [-0.2, 0) is 7.05 Å². The van der Waals surface area contributed by atoms with E-state index in [-0.39, 0.29) is 11.8 Å². The van der Waals surface area contributed by atoms with E-state index in [0.717, 1.165) is 17.8 Å². The molecule has 0 radical (unpaired) electrons. The van der Waals surface area contributed by atoms with Crippen molar-refractivity contribution in [3.63, 3.8) is 0 Å². The van der Waals surface area contributed by atoms with Crippen molar-refractivity contribution in [2.45, 2.75) is 32.1 Å². The summed E-state index contributed by atoms with van der Waals surface area (Å²) in [5, 5.41) is 2.72. The van der Waals surface area contributed by atoms with Gasteiger partial charge in [0.1, 0.15) is 7.05 Å². The molecule has 3 nitrogen and oxygen atoms in total. The minimum atomic E-state index is 0.105. The molecule has 2 unspecified atom stereocenters. The van der Waals surface area contributed by atoms with Crippen LogP contribution < -0.4 is 15.0 Å². The fourth-order valence-electron chi connectivity index (χ4n) is 6.32. The fraction of sp³-hybridized carbons (Fsp3) is 0.207. The van der Waals surface area contributed by atoms with Crippen molar-refractivity contribution in [2.75, 3.05) is 0 Å². The average Bonchev–Trinajstić information content (AvgIpc) is 3.26. The number of fused-ring (bicyclic) bond motifs is 1. The fourth-order valence-corrected chi connectivity index (χ4v) is 6.32. The van der Waals surface area contributed by atoms with Crippen LogP contribution >= 0.6 is 0 Å². The molecule has 0 saturated heterocycles. The van der Waals surface area contributed by atoms with Crippen LogP contribution in [0.2, 0.25) is 0 Å². The maximum atomic E-state index is 4.92. The van der Waals surface area contributed by atoms with Crippen LogP contribution in [0.15, 0.2) is 55.0 Å². The van der Waals surface area contributed by atoms with Crippen molar-refractivity contribution in [3.8, 4) is 11.3 Å². The molecule has 0 aliphatic heterocycles. The summed E-state index contributed by atoms with van der Waals surface area (Å²) in [5.74, 6) is 0.241. The molecule has 2 aromatic carbocycles. The van der Waals surface area contributed by atoms with E-state index in [1.54, 1.807) is 0 Å². The predicted octanol–water partition coefficient (Wildman–Crippen LogP) is 3.54. The first-order valence-corrected chi connectivity index (χ1v) is 11.4. The van der Waals surface area contributed by atoms with Crippen molar-refractivity contribution < 1.29 is 4.57 Å². The second-order valence-corrected chi connectivity index (χ2v) is 9.36. The lowest BCUT2D eigenvalue weighted by molar-refractivity contribution is -0.661. The average molecular weight is 415 g/mol. The number of hydrogen-bond acceptors (Lipinski definition) is 2. The van der Waals surface area contributed by atoms with Gasteiger partial charge < -0.3 is 0 Å². The Morgan fingerprint density at radius 3 is 2.09 bits per heavy atom. The van der Waals surface area contributed by atoms with Crippen LogP contribution in [0.25, 0.3) is 23.4 Å². The van der Waals surface area contributed by atoms with Gasteiger partial charge in [0.15, 0.2) is 6.20 Å². The number of hydrogen-bond donors (Lipinski definition) is 0. The topological polar surface area (TPSA) is 29.7 Å². The molecule has 32 heavy (non-hydrogen) atoms. The third kappa shape index (κ3) is 2.18. The smallest absolute Gasteiger partial charge is 0.217 e. The van der Waals surface area contributed by atoms with E-state index >= 15 is 0 Å². The molecule has 8 rings (SSSR count). The van der Waals surface area contributed by atoms with Gasteiger partial charge in [-0.1, -0.05) is 42.5 Å². The lowest BCUT2D eigenvalue weighted by Crippen LogP contribution is -2.40. The highest BCUT2D eigenvalue weighted by molar-refractivity contribution is 5.76. The van der Waals surface area contributed by atoms with Gasteiger partial charge in [0.05, 0.1) is 23.2 Å². The highest BCUT2D eigenvalue weighted by Crippen LogP contribution is 2.56. The number of nitrogens with zero attached hydrogens (tertiary/aromatic N) is 3. The maximum absolute atomic E-state index is 4.92. The highest BCUT2D eigenvalue weighted by atomic mass is 14.9. The van der Waals surface area contributed by atoms with E-state index in [9.17, 15) is 0 Å². The number of aromatic nitrogens is 3. The van der Waals surface area contributed by atoms with Crippen LogP contribution in [0.3, 0.4) is 0 Å². The Balaban J connectivity index is 1.65. The number of aryl methyl sites for hydroxylation is 3. The molecule has 0 N–H and O–H groups in total. The van der Waals surface area contributed by atoms with Crippen LogP contribution in [-0.4, -0.2) is 9.97 Å². The normalized spacial score (nSPS) is 18.8. The van der Waals surface area contributed by atoms with Crippen LogP contribution in [0.1, 0.15) is 63.0 Å². The lowest BCUT2D eigenvalue weighted by atomic mass is 9.62. The zero-order valence-corrected chi connectivity index (χ0v) is 18.6. The number of pyridine rings is 1. The third-order valence-electron chi connectivity index (χ3n) is 7.58. The van der Waals surface area contributed by atoms with E-state index < -0.39 is 0 Å². The zero-order chi connectivity index (χ0) is 21.6. The van der Waals surface area contributed by atoms with Crippen LogP contribution in [0, 0.1) is 13.8 Å². The highest BCUT2D eigenvalue weighted by Gasteiger charge is 2.48. The second kappa shape index (κ2) is 6.23. The van der Waals surface area contributed by atoms with Gasteiger partial charge in [-0.15, -0.1) is 0 Å². The summed E-state index contributed by atoms with van der Waals surface area (Å²) >= 11 is 0. The van der Waals surface area contributed by atoms with E-state index in [2.05, 4.69) is 80.2 Å². The number of benzene rings is 2. The number of rotatable bonds is 1. The first-order chi connectivity index (χ1) is 15.6. The summed E-state index contributed by atoms with van der Waals surface area (Å²) in [4.78, 5) is 9.81. The molecule has 2 aromatic heterocycles. The molecule has 154 valence electrons. The van der Waals surface area contributed by atoms with E-state index in [0.29, 0.717) is 0 Å². The van der Waals surface area contributed by atoms with Crippen molar-refractivity contribution >= 4 is 12.2 Å². The molecule has 2 heterocycles. The summed E-state index contributed by atoms with van der Waals surface area (Å²) in [6.45, 7) is 4.46. The zero-order valence-electron chi connectivity index (χ0n) is 18.6. The molecular formula is C29H24N3+. The van der Waals surface area contributed by atoms with E-state index in [1.165, 1.54) is 55.1 Å². The summed E-state index contributed by atoms with van der Waals surface area (Å²) in [7, 11) is 2.18. The van der Waals surface area contributed by atoms with Crippen molar-refractivity contribution in [1.29, 1.82) is 0 Å². The molecule has 4 aliphatic rings. The third-order valence-corrected chi connectivity index (χ3v) is 7.58. The molecule has 4 aliphatic carbocycles. The van der Waals surface area contributed by atoms with Crippen LogP contribution in [0.4, 0.5) is 0 Å². The molecular weight excluding hydrogens is 390 g/mol. The van der Waals surface area contributed by atoms with E-state index in [4.69, 9.17) is 9.97 Å². The lowest BCUT2D eigenvalue weighted by Gasteiger charge is -2.41. The Morgan fingerprint density at radius 1 is 0.812 bits per heavy atom. The summed E-state index contributed by atoms with van der Waals surface area (Å²) in [5.41, 5.74) is 13.1. The molecule has 2 atom stereocenters. The molecule has 0 spiro atoms. The first kappa shape index (κ1) is 18.0. The molecule has 0 saturated carbocycles. The molecule has 2 bridgehead atoms. The van der Waals surface area contributed by atoms with Crippen molar-refractivity contribution in [1.82, 2.24) is 9.97 Å². The minimum absolute atomic E-state index is 0.105. The van der Waals surface area contributed by atoms with Crippen molar-refractivity contribution in [2.24, 2.45) is 7.05 Å². The summed E-state index contributed by atoms with van der Waals surface area (Å²) < 4.78 is 2.32. The van der Waals surface area contributed by atoms with Crippen molar-refractivity contribution in [3.05, 3.63) is 110 Å². The molecule has 0 fully saturated rings. The minimum Gasteiger partial charge on any atom is -0.257 e. The Kier molecular flexibility index (Phi) is 3.51.